The van der Waals surface area contributed by atoms with Gasteiger partial charge in [0, 0.05) is 11.3 Å². The second-order valence-corrected chi connectivity index (χ2v) is 4.47. The van der Waals surface area contributed by atoms with E-state index in [4.69, 9.17) is 0 Å². The highest BCUT2D eigenvalue weighted by Crippen LogP contribution is 2.29. The van der Waals surface area contributed by atoms with Crippen LogP contribution >= 0.6 is 0 Å². The molecule has 0 amide bonds. The smallest absolute Gasteiger partial charge is 0.0650 e. The molecule has 0 fully saturated rings. The summed E-state index contributed by atoms with van der Waals surface area (Å²) >= 11 is 0. The molecule has 0 aliphatic heterocycles. The van der Waals surface area contributed by atoms with Crippen molar-refractivity contribution in [1.82, 2.24) is 10.2 Å². The van der Waals surface area contributed by atoms with Crippen molar-refractivity contribution in [2.45, 2.75) is 12.3 Å². The first-order chi connectivity index (χ1) is 8.88. The van der Waals surface area contributed by atoms with Crippen LogP contribution in [0.5, 0.6) is 0 Å². The Balaban J connectivity index is 2.05. The number of H-pyrrole nitrogens is 1. The van der Waals surface area contributed by atoms with Gasteiger partial charge < -0.3 is 0 Å². The largest absolute Gasteiger partial charge is 0.278 e. The van der Waals surface area contributed by atoms with Crippen molar-refractivity contribution in [3.8, 4) is 0 Å². The summed E-state index contributed by atoms with van der Waals surface area (Å²) in [7, 11) is 0. The number of aromatic amines is 1. The summed E-state index contributed by atoms with van der Waals surface area (Å²) in [6, 6.07) is 17.0. The quantitative estimate of drug-likeness (QED) is 0.732. The van der Waals surface area contributed by atoms with E-state index >= 15 is 0 Å². The molecule has 0 aliphatic carbocycles. The van der Waals surface area contributed by atoms with Crippen molar-refractivity contribution in [2.75, 3.05) is 0 Å². The highest BCUT2D eigenvalue weighted by atomic mass is 15.1. The first-order valence-electron chi connectivity index (χ1n) is 6.15. The normalized spacial score (nSPS) is 12.7. The predicted molar refractivity (Wildman–Crippen MR) is 74.4 cm³/mol. The molecule has 1 aromatic heterocycles. The number of nitrogens with one attached hydrogen (secondary N) is 1. The van der Waals surface area contributed by atoms with Crippen LogP contribution in [-0.2, 0) is 0 Å². The Kier molecular flexibility index (Phi) is 2.85. The Morgan fingerprint density at radius 2 is 1.89 bits per heavy atom. The van der Waals surface area contributed by atoms with Gasteiger partial charge in [-0.15, -0.1) is 0 Å². The van der Waals surface area contributed by atoms with Crippen molar-refractivity contribution >= 4 is 10.9 Å². The van der Waals surface area contributed by atoms with Crippen LogP contribution in [0.2, 0.25) is 0 Å². The summed E-state index contributed by atoms with van der Waals surface area (Å²) in [4.78, 5) is 0. The SMILES string of the molecule is [CH2]CC(c1ccccc1)c1ccc2[nH]ncc2c1. The van der Waals surface area contributed by atoms with Crippen molar-refractivity contribution in [2.24, 2.45) is 0 Å². The van der Waals surface area contributed by atoms with Gasteiger partial charge in [-0.2, -0.15) is 5.10 Å². The average molecular weight is 235 g/mol. The van der Waals surface area contributed by atoms with Crippen LogP contribution < -0.4 is 0 Å². The lowest BCUT2D eigenvalue weighted by Gasteiger charge is -2.15. The van der Waals surface area contributed by atoms with Gasteiger partial charge in [-0.05, 0) is 29.7 Å². The summed E-state index contributed by atoms with van der Waals surface area (Å²) in [6.07, 6.45) is 2.72. The van der Waals surface area contributed by atoms with Gasteiger partial charge in [-0.25, -0.2) is 0 Å². The third-order valence-corrected chi connectivity index (χ3v) is 3.36. The molecule has 2 nitrogen and oxygen atoms in total. The molecule has 89 valence electrons. The minimum Gasteiger partial charge on any atom is -0.278 e. The third kappa shape index (κ3) is 1.90. The van der Waals surface area contributed by atoms with Gasteiger partial charge in [0.2, 0.25) is 0 Å². The minimum absolute atomic E-state index is 0.352. The van der Waals surface area contributed by atoms with Gasteiger partial charge in [-0.1, -0.05) is 43.3 Å². The molecule has 1 radical (unpaired) electrons. The number of rotatable bonds is 3. The molecule has 3 aromatic rings. The third-order valence-electron chi connectivity index (χ3n) is 3.36. The monoisotopic (exact) mass is 235 g/mol. The summed E-state index contributed by atoms with van der Waals surface area (Å²) < 4.78 is 0. The topological polar surface area (TPSA) is 28.7 Å². The van der Waals surface area contributed by atoms with E-state index < -0.39 is 0 Å². The van der Waals surface area contributed by atoms with E-state index in [9.17, 15) is 0 Å². The first-order valence-corrected chi connectivity index (χ1v) is 6.15. The fraction of sp³-hybridized carbons (Fsp3) is 0.125. The highest BCUT2D eigenvalue weighted by Gasteiger charge is 2.12. The van der Waals surface area contributed by atoms with Gasteiger partial charge in [-0.3, -0.25) is 5.10 Å². The number of fused-ring (bicyclic) bond motifs is 1. The molecule has 0 aliphatic rings. The lowest BCUT2D eigenvalue weighted by Crippen LogP contribution is -1.99. The predicted octanol–water partition coefficient (Wildman–Crippen LogP) is 3.92. The van der Waals surface area contributed by atoms with Crippen molar-refractivity contribution in [1.29, 1.82) is 0 Å². The van der Waals surface area contributed by atoms with Crippen LogP contribution in [0.4, 0.5) is 0 Å². The standard InChI is InChI=1S/C16H15N2/c1-2-15(12-6-4-3-5-7-12)13-8-9-16-14(10-13)11-17-18-16/h3-11,15H,1-2H2,(H,17,18). The molecular weight excluding hydrogens is 220 g/mol. The molecule has 18 heavy (non-hydrogen) atoms. The summed E-state index contributed by atoms with van der Waals surface area (Å²) in [5, 5.41) is 8.19. The lowest BCUT2D eigenvalue weighted by atomic mass is 9.89. The van der Waals surface area contributed by atoms with Gasteiger partial charge in [0.15, 0.2) is 0 Å². The van der Waals surface area contributed by atoms with Crippen LogP contribution in [-0.4, -0.2) is 10.2 Å². The number of benzene rings is 2. The molecule has 2 aromatic carbocycles. The average Bonchev–Trinajstić information content (AvgIpc) is 2.88. The fourth-order valence-electron chi connectivity index (χ4n) is 2.39. The zero-order valence-corrected chi connectivity index (χ0v) is 10.1. The first kappa shape index (κ1) is 11.0. The summed E-state index contributed by atoms with van der Waals surface area (Å²) in [5.41, 5.74) is 3.69. The van der Waals surface area contributed by atoms with E-state index in [1.54, 1.807) is 0 Å². The highest BCUT2D eigenvalue weighted by molar-refractivity contribution is 5.78. The summed E-state index contributed by atoms with van der Waals surface area (Å²) in [5.74, 6) is 0.352. The van der Waals surface area contributed by atoms with Crippen LogP contribution in [0.1, 0.15) is 23.5 Å². The molecule has 1 heterocycles. The van der Waals surface area contributed by atoms with Gasteiger partial charge in [0.25, 0.3) is 0 Å². The second-order valence-electron chi connectivity index (χ2n) is 4.47. The van der Waals surface area contributed by atoms with E-state index in [0.29, 0.717) is 5.92 Å². The zero-order valence-electron chi connectivity index (χ0n) is 10.1. The van der Waals surface area contributed by atoms with E-state index in [1.165, 1.54) is 11.1 Å². The number of aromatic nitrogens is 2. The molecule has 1 atom stereocenters. The zero-order chi connectivity index (χ0) is 12.4. The van der Waals surface area contributed by atoms with E-state index in [2.05, 4.69) is 59.6 Å². The number of hydrogen-bond donors (Lipinski definition) is 1. The molecule has 0 saturated carbocycles. The van der Waals surface area contributed by atoms with Crippen molar-refractivity contribution in [3.63, 3.8) is 0 Å². The molecule has 0 spiro atoms. The maximum absolute atomic E-state index is 4.08. The Bertz CT molecular complexity index is 640. The molecular formula is C16H15N2. The van der Waals surface area contributed by atoms with Crippen LogP contribution in [0.25, 0.3) is 10.9 Å². The van der Waals surface area contributed by atoms with Crippen LogP contribution in [0, 0.1) is 6.92 Å². The Morgan fingerprint density at radius 3 is 2.67 bits per heavy atom. The van der Waals surface area contributed by atoms with E-state index in [0.717, 1.165) is 17.3 Å². The second kappa shape index (κ2) is 4.65. The Morgan fingerprint density at radius 1 is 1.06 bits per heavy atom. The summed E-state index contributed by atoms with van der Waals surface area (Å²) in [6.45, 7) is 4.08. The van der Waals surface area contributed by atoms with Gasteiger partial charge >= 0.3 is 0 Å². The Hall–Kier alpha value is -2.09. The van der Waals surface area contributed by atoms with Crippen molar-refractivity contribution < 1.29 is 0 Å². The number of hydrogen-bond acceptors (Lipinski definition) is 1. The molecule has 1 unspecified atom stereocenters. The minimum atomic E-state index is 0.352. The van der Waals surface area contributed by atoms with Crippen LogP contribution in [0.15, 0.2) is 54.7 Å². The number of nitrogens with zero attached hydrogens (tertiary/aromatic N) is 1. The molecule has 2 heteroatoms. The maximum Gasteiger partial charge on any atom is 0.0650 e. The molecule has 3 rings (SSSR count). The van der Waals surface area contributed by atoms with Gasteiger partial charge in [0.05, 0.1) is 11.7 Å². The van der Waals surface area contributed by atoms with Gasteiger partial charge in [0.1, 0.15) is 0 Å². The maximum atomic E-state index is 4.08. The van der Waals surface area contributed by atoms with E-state index in [1.807, 2.05) is 12.3 Å². The molecule has 0 saturated heterocycles. The molecule has 0 bridgehead atoms. The lowest BCUT2D eigenvalue weighted by molar-refractivity contribution is 0.829. The van der Waals surface area contributed by atoms with Crippen LogP contribution in [0.3, 0.4) is 0 Å². The fourth-order valence-corrected chi connectivity index (χ4v) is 2.39. The van der Waals surface area contributed by atoms with E-state index in [-0.39, 0.29) is 0 Å². The Labute approximate surface area is 107 Å². The molecule has 1 N–H and O–H groups in total. The van der Waals surface area contributed by atoms with Crippen molar-refractivity contribution in [3.05, 3.63) is 72.8 Å².